The fourth-order valence-corrected chi connectivity index (χ4v) is 3.74. The van der Waals surface area contributed by atoms with Crippen LogP contribution in [0.4, 0.5) is 0 Å². The first kappa shape index (κ1) is 27.1. The molecule has 2 aromatic rings. The highest BCUT2D eigenvalue weighted by Gasteiger charge is 2.44. The summed E-state index contributed by atoms with van der Waals surface area (Å²) in [6.07, 6.45) is -3.23. The number of amides is 2. The van der Waals surface area contributed by atoms with Crippen LogP contribution in [-0.2, 0) is 20.9 Å². The predicted molar refractivity (Wildman–Crippen MR) is 127 cm³/mol. The standard InChI is InChI=1S/C25H30N2O9/c1-35-18-11-15(7-9-17(18)29)8-10-21(31)27(12-16-5-3-2-4-6-16)13-20(30)26-22-24(33)23(32)19(14-28)36-25(22)34/h2-11,19,22-25,28-29,32-34H,12-14H2,1H3,(H,26,30)/b10-8+/t19-,22-,23-,24-,25-/m1/s1. The lowest BCUT2D eigenvalue weighted by Gasteiger charge is -2.40. The van der Waals surface area contributed by atoms with Gasteiger partial charge in [0.15, 0.2) is 17.8 Å². The predicted octanol–water partition coefficient (Wildman–Crippen LogP) is -0.641. The van der Waals surface area contributed by atoms with Crippen molar-refractivity contribution in [3.05, 3.63) is 65.7 Å². The summed E-state index contributed by atoms with van der Waals surface area (Å²) in [5.74, 6) is -1.01. The highest BCUT2D eigenvalue weighted by atomic mass is 16.6. The summed E-state index contributed by atoms with van der Waals surface area (Å²) >= 11 is 0. The maximum absolute atomic E-state index is 13.0. The third kappa shape index (κ3) is 6.80. The number of carbonyl (C=O) groups excluding carboxylic acids is 2. The van der Waals surface area contributed by atoms with Gasteiger partial charge in [-0.2, -0.15) is 0 Å². The van der Waals surface area contributed by atoms with Crippen molar-refractivity contribution in [3.63, 3.8) is 0 Å². The number of phenolic OH excluding ortho intramolecular Hbond substituents is 1. The Kier molecular flexibility index (Phi) is 9.39. The van der Waals surface area contributed by atoms with Crippen LogP contribution in [0, 0.1) is 0 Å². The van der Waals surface area contributed by atoms with Crippen LogP contribution in [0.15, 0.2) is 54.6 Å². The van der Waals surface area contributed by atoms with Crippen molar-refractivity contribution in [1.29, 1.82) is 0 Å². The Morgan fingerprint density at radius 2 is 1.83 bits per heavy atom. The van der Waals surface area contributed by atoms with Gasteiger partial charge in [0.1, 0.15) is 30.9 Å². The highest BCUT2D eigenvalue weighted by molar-refractivity contribution is 5.94. The lowest BCUT2D eigenvalue weighted by Crippen LogP contribution is -2.64. The molecule has 1 aliphatic heterocycles. The topological polar surface area (TPSA) is 169 Å². The van der Waals surface area contributed by atoms with E-state index in [4.69, 9.17) is 9.47 Å². The van der Waals surface area contributed by atoms with E-state index in [-0.39, 0.29) is 18.0 Å². The van der Waals surface area contributed by atoms with E-state index in [1.807, 2.05) is 6.07 Å². The average Bonchev–Trinajstić information content (AvgIpc) is 2.88. The fourth-order valence-electron chi connectivity index (χ4n) is 3.74. The van der Waals surface area contributed by atoms with Crippen LogP contribution in [-0.4, -0.2) is 93.2 Å². The smallest absolute Gasteiger partial charge is 0.247 e. The molecule has 11 heteroatoms. The number of benzene rings is 2. The van der Waals surface area contributed by atoms with Crippen LogP contribution in [0.1, 0.15) is 11.1 Å². The van der Waals surface area contributed by atoms with Crippen molar-refractivity contribution < 1.29 is 44.6 Å². The molecule has 11 nitrogen and oxygen atoms in total. The van der Waals surface area contributed by atoms with Crippen LogP contribution in [0.3, 0.4) is 0 Å². The van der Waals surface area contributed by atoms with Gasteiger partial charge >= 0.3 is 0 Å². The molecule has 5 atom stereocenters. The minimum absolute atomic E-state index is 0.0464. The van der Waals surface area contributed by atoms with Gasteiger partial charge in [0.2, 0.25) is 11.8 Å². The van der Waals surface area contributed by atoms with Gasteiger partial charge in [0.05, 0.1) is 13.7 Å². The summed E-state index contributed by atoms with van der Waals surface area (Å²) < 4.78 is 10.1. The number of rotatable bonds is 9. The van der Waals surface area contributed by atoms with Crippen LogP contribution < -0.4 is 10.1 Å². The third-order valence-corrected chi connectivity index (χ3v) is 5.71. The molecule has 0 spiro atoms. The number of aliphatic hydroxyl groups is 4. The molecule has 0 unspecified atom stereocenters. The molecule has 2 aromatic carbocycles. The molecule has 36 heavy (non-hydrogen) atoms. The van der Waals surface area contributed by atoms with Crippen molar-refractivity contribution in [2.45, 2.75) is 37.2 Å². The molecule has 0 bridgehead atoms. The molecule has 0 saturated carbocycles. The van der Waals surface area contributed by atoms with E-state index in [2.05, 4.69) is 5.32 Å². The van der Waals surface area contributed by atoms with Crippen molar-refractivity contribution >= 4 is 17.9 Å². The van der Waals surface area contributed by atoms with E-state index in [1.54, 1.807) is 36.4 Å². The maximum atomic E-state index is 13.0. The van der Waals surface area contributed by atoms with Crippen molar-refractivity contribution in [2.24, 2.45) is 0 Å². The second kappa shape index (κ2) is 12.5. The van der Waals surface area contributed by atoms with Crippen LogP contribution in [0.5, 0.6) is 11.5 Å². The Morgan fingerprint density at radius 1 is 1.11 bits per heavy atom. The Bertz CT molecular complexity index is 1060. The van der Waals surface area contributed by atoms with Crippen LogP contribution in [0.2, 0.25) is 0 Å². The maximum Gasteiger partial charge on any atom is 0.247 e. The molecule has 3 rings (SSSR count). The van der Waals surface area contributed by atoms with E-state index >= 15 is 0 Å². The number of hydrogen-bond acceptors (Lipinski definition) is 9. The largest absolute Gasteiger partial charge is 0.504 e. The number of phenols is 1. The molecular formula is C25H30N2O9. The van der Waals surface area contributed by atoms with Gasteiger partial charge in [0.25, 0.3) is 0 Å². The monoisotopic (exact) mass is 502 g/mol. The summed E-state index contributed by atoms with van der Waals surface area (Å²) in [4.78, 5) is 27.1. The van der Waals surface area contributed by atoms with Gasteiger partial charge in [-0.25, -0.2) is 0 Å². The first-order valence-electron chi connectivity index (χ1n) is 11.2. The second-order valence-electron chi connectivity index (χ2n) is 8.27. The SMILES string of the molecule is COc1cc(/C=C/C(=O)N(CC(=O)N[C@@H]2[C@@H](O)[C@H](O)[C@@H](CO)O[C@H]2O)Cc2ccccc2)ccc1O. The van der Waals surface area contributed by atoms with E-state index < -0.39 is 55.6 Å². The molecule has 1 fully saturated rings. The molecule has 6 N–H and O–H groups in total. The number of aromatic hydroxyl groups is 1. The first-order chi connectivity index (χ1) is 17.2. The van der Waals surface area contributed by atoms with Crippen molar-refractivity contribution in [2.75, 3.05) is 20.3 Å². The first-order valence-corrected chi connectivity index (χ1v) is 11.2. The van der Waals surface area contributed by atoms with E-state index in [0.717, 1.165) is 5.56 Å². The van der Waals surface area contributed by atoms with Gasteiger partial charge in [-0.15, -0.1) is 0 Å². The number of nitrogens with one attached hydrogen (secondary N) is 1. The van der Waals surface area contributed by atoms with Gasteiger partial charge < -0.3 is 45.2 Å². The highest BCUT2D eigenvalue weighted by Crippen LogP contribution is 2.26. The number of hydrogen-bond donors (Lipinski definition) is 6. The molecule has 0 radical (unpaired) electrons. The number of nitrogens with zero attached hydrogens (tertiary/aromatic N) is 1. The summed E-state index contributed by atoms with van der Waals surface area (Å²) in [6, 6.07) is 12.2. The van der Waals surface area contributed by atoms with E-state index in [1.165, 1.54) is 30.2 Å². The van der Waals surface area contributed by atoms with Crippen molar-refractivity contribution in [1.82, 2.24) is 10.2 Å². The van der Waals surface area contributed by atoms with Gasteiger partial charge in [-0.3, -0.25) is 9.59 Å². The minimum atomic E-state index is -1.67. The number of methoxy groups -OCH3 is 1. The molecule has 1 aliphatic rings. The molecule has 2 amide bonds. The lowest BCUT2D eigenvalue weighted by atomic mass is 9.97. The zero-order chi connectivity index (χ0) is 26.2. The third-order valence-electron chi connectivity index (χ3n) is 5.71. The summed E-state index contributed by atoms with van der Waals surface area (Å²) in [5.41, 5.74) is 1.35. The number of carbonyl (C=O) groups is 2. The average molecular weight is 503 g/mol. The van der Waals surface area contributed by atoms with Crippen molar-refractivity contribution in [3.8, 4) is 11.5 Å². The zero-order valence-corrected chi connectivity index (χ0v) is 19.6. The summed E-state index contributed by atoms with van der Waals surface area (Å²) in [7, 11) is 1.40. The fraction of sp³-hybridized carbons (Fsp3) is 0.360. The van der Waals surface area contributed by atoms with E-state index in [9.17, 15) is 35.1 Å². The summed E-state index contributed by atoms with van der Waals surface area (Å²) in [5, 5.41) is 51.8. The molecule has 1 saturated heterocycles. The Hall–Kier alpha value is -3.48. The molecular weight excluding hydrogens is 472 g/mol. The van der Waals surface area contributed by atoms with Gasteiger partial charge in [-0.1, -0.05) is 36.4 Å². The zero-order valence-electron chi connectivity index (χ0n) is 19.6. The molecule has 0 aromatic heterocycles. The van der Waals surface area contributed by atoms with Crippen LogP contribution in [0.25, 0.3) is 6.08 Å². The quantitative estimate of drug-likeness (QED) is 0.244. The Morgan fingerprint density at radius 3 is 2.50 bits per heavy atom. The number of aliphatic hydroxyl groups excluding tert-OH is 4. The normalized spacial score (nSPS) is 23.9. The van der Waals surface area contributed by atoms with Crippen LogP contribution >= 0.6 is 0 Å². The van der Waals surface area contributed by atoms with Gasteiger partial charge in [0, 0.05) is 12.6 Å². The summed E-state index contributed by atoms with van der Waals surface area (Å²) in [6.45, 7) is -0.960. The second-order valence-corrected chi connectivity index (χ2v) is 8.27. The number of ether oxygens (including phenoxy) is 2. The molecule has 0 aliphatic carbocycles. The Labute approximate surface area is 207 Å². The minimum Gasteiger partial charge on any atom is -0.504 e. The molecule has 1 heterocycles. The van der Waals surface area contributed by atoms with Gasteiger partial charge in [-0.05, 0) is 29.3 Å². The lowest BCUT2D eigenvalue weighted by molar-refractivity contribution is -0.253. The van der Waals surface area contributed by atoms with E-state index in [0.29, 0.717) is 5.56 Å². The molecule has 194 valence electrons. The Balaban J connectivity index is 1.73.